The maximum Gasteiger partial charge on any atom is 0.197 e. The Bertz CT molecular complexity index is 987. The number of rotatable bonds is 3. The molecule has 134 valence electrons. The minimum Gasteiger partial charge on any atom is -0.507 e. The van der Waals surface area contributed by atoms with Crippen molar-refractivity contribution >= 4 is 16.7 Å². The molecule has 0 saturated carbocycles. The quantitative estimate of drug-likeness (QED) is 0.780. The number of hydrogen-bond donors (Lipinski definition) is 1. The summed E-state index contributed by atoms with van der Waals surface area (Å²) < 4.78 is 16.5. The predicted octanol–water partition coefficient (Wildman–Crippen LogP) is 3.01. The van der Waals surface area contributed by atoms with Crippen molar-refractivity contribution in [2.45, 2.75) is 0 Å². The Kier molecular flexibility index (Phi) is 4.26. The zero-order valence-corrected chi connectivity index (χ0v) is 14.4. The molecule has 4 rings (SSSR count). The molecular formula is C20H19NO5. The first kappa shape index (κ1) is 16.5. The number of morpholine rings is 1. The number of ether oxygens (including phenoxy) is 2. The first-order valence-electron chi connectivity index (χ1n) is 8.44. The smallest absolute Gasteiger partial charge is 0.197 e. The number of phenols is 1. The predicted molar refractivity (Wildman–Crippen MR) is 99.2 cm³/mol. The SMILES string of the molecule is COc1ccc(-c2cc(=O)c3c(O)cc(N4CCOCC4)cc3o2)cc1. The second-order valence-corrected chi connectivity index (χ2v) is 6.14. The van der Waals surface area contributed by atoms with Crippen LogP contribution in [-0.2, 0) is 4.74 Å². The van der Waals surface area contributed by atoms with Gasteiger partial charge in [-0.25, -0.2) is 0 Å². The molecule has 2 aromatic carbocycles. The lowest BCUT2D eigenvalue weighted by Gasteiger charge is -2.29. The molecule has 0 spiro atoms. The standard InChI is InChI=1S/C20H19NO5/c1-24-15-4-2-13(3-5-15)18-12-17(23)20-16(22)10-14(11-19(20)26-18)21-6-8-25-9-7-21/h2-5,10-12,22H,6-9H2,1H3. The summed E-state index contributed by atoms with van der Waals surface area (Å²) in [6, 6.07) is 12.1. The highest BCUT2D eigenvalue weighted by molar-refractivity contribution is 5.88. The van der Waals surface area contributed by atoms with Gasteiger partial charge in [0.05, 0.1) is 20.3 Å². The van der Waals surface area contributed by atoms with Crippen LogP contribution in [0.1, 0.15) is 0 Å². The van der Waals surface area contributed by atoms with Crippen LogP contribution < -0.4 is 15.1 Å². The summed E-state index contributed by atoms with van der Waals surface area (Å²) in [5, 5.41) is 10.6. The third-order valence-electron chi connectivity index (χ3n) is 4.55. The van der Waals surface area contributed by atoms with Gasteiger partial charge in [-0.15, -0.1) is 0 Å². The second-order valence-electron chi connectivity index (χ2n) is 6.14. The molecule has 0 unspecified atom stereocenters. The van der Waals surface area contributed by atoms with E-state index in [9.17, 15) is 9.90 Å². The van der Waals surface area contributed by atoms with Crippen LogP contribution in [-0.4, -0.2) is 38.5 Å². The highest BCUT2D eigenvalue weighted by atomic mass is 16.5. The summed E-state index contributed by atoms with van der Waals surface area (Å²) in [6.07, 6.45) is 0. The molecule has 1 fully saturated rings. The van der Waals surface area contributed by atoms with Crippen LogP contribution in [0.2, 0.25) is 0 Å². The largest absolute Gasteiger partial charge is 0.507 e. The Morgan fingerprint density at radius 3 is 2.50 bits per heavy atom. The van der Waals surface area contributed by atoms with Crippen LogP contribution in [0.5, 0.6) is 11.5 Å². The Morgan fingerprint density at radius 2 is 1.81 bits per heavy atom. The highest BCUT2D eigenvalue weighted by Crippen LogP contribution is 2.32. The summed E-state index contributed by atoms with van der Waals surface area (Å²) in [7, 11) is 1.60. The number of phenolic OH excluding ortho intramolecular Hbond substituents is 1. The fraction of sp³-hybridized carbons (Fsp3) is 0.250. The lowest BCUT2D eigenvalue weighted by atomic mass is 10.1. The molecule has 3 aromatic rings. The third kappa shape index (κ3) is 2.99. The number of anilines is 1. The van der Waals surface area contributed by atoms with Gasteiger partial charge in [-0.2, -0.15) is 0 Å². The molecule has 1 aliphatic rings. The molecule has 26 heavy (non-hydrogen) atoms. The lowest BCUT2D eigenvalue weighted by Crippen LogP contribution is -2.36. The maximum atomic E-state index is 12.5. The van der Waals surface area contributed by atoms with Crippen molar-refractivity contribution in [2.75, 3.05) is 38.3 Å². The van der Waals surface area contributed by atoms with Gasteiger partial charge in [0.25, 0.3) is 0 Å². The first-order chi connectivity index (χ1) is 12.7. The van der Waals surface area contributed by atoms with Gasteiger partial charge < -0.3 is 23.9 Å². The molecule has 1 N–H and O–H groups in total. The van der Waals surface area contributed by atoms with Gasteiger partial charge in [-0.1, -0.05) is 0 Å². The van der Waals surface area contributed by atoms with E-state index in [1.807, 2.05) is 12.1 Å². The average molecular weight is 353 g/mol. The number of benzene rings is 2. The van der Waals surface area contributed by atoms with Crippen molar-refractivity contribution in [1.29, 1.82) is 0 Å². The molecule has 6 heteroatoms. The monoisotopic (exact) mass is 353 g/mol. The van der Waals surface area contributed by atoms with Gasteiger partial charge in [-0.05, 0) is 24.3 Å². The van der Waals surface area contributed by atoms with E-state index in [1.54, 1.807) is 31.4 Å². The van der Waals surface area contributed by atoms with E-state index >= 15 is 0 Å². The number of aromatic hydroxyl groups is 1. The molecule has 6 nitrogen and oxygen atoms in total. The number of methoxy groups -OCH3 is 1. The van der Waals surface area contributed by atoms with Crippen molar-refractivity contribution in [3.63, 3.8) is 0 Å². The lowest BCUT2D eigenvalue weighted by molar-refractivity contribution is 0.122. The Balaban J connectivity index is 1.82. The maximum absolute atomic E-state index is 12.5. The molecule has 0 aliphatic carbocycles. The van der Waals surface area contributed by atoms with E-state index in [2.05, 4.69) is 4.90 Å². The summed E-state index contributed by atoms with van der Waals surface area (Å²) in [6.45, 7) is 2.73. The van der Waals surface area contributed by atoms with E-state index < -0.39 is 0 Å². The van der Waals surface area contributed by atoms with Gasteiger partial charge in [0.1, 0.15) is 28.2 Å². The van der Waals surface area contributed by atoms with E-state index in [0.29, 0.717) is 24.6 Å². The van der Waals surface area contributed by atoms with Crippen LogP contribution in [0.15, 0.2) is 51.7 Å². The van der Waals surface area contributed by atoms with Gasteiger partial charge in [0.15, 0.2) is 5.43 Å². The topological polar surface area (TPSA) is 72.1 Å². The molecule has 2 heterocycles. The van der Waals surface area contributed by atoms with Crippen LogP contribution in [0.25, 0.3) is 22.3 Å². The van der Waals surface area contributed by atoms with E-state index in [4.69, 9.17) is 13.9 Å². The van der Waals surface area contributed by atoms with Crippen molar-refractivity contribution < 1.29 is 19.0 Å². The van der Waals surface area contributed by atoms with Crippen LogP contribution in [0.3, 0.4) is 0 Å². The Morgan fingerprint density at radius 1 is 1.08 bits per heavy atom. The fourth-order valence-corrected chi connectivity index (χ4v) is 3.16. The van der Waals surface area contributed by atoms with Crippen LogP contribution in [0, 0.1) is 0 Å². The number of nitrogens with zero attached hydrogens (tertiary/aromatic N) is 1. The minimum absolute atomic E-state index is 0.0703. The zero-order valence-electron chi connectivity index (χ0n) is 14.4. The van der Waals surface area contributed by atoms with Gasteiger partial charge in [-0.3, -0.25) is 4.79 Å². The van der Waals surface area contributed by atoms with Crippen LogP contribution >= 0.6 is 0 Å². The van der Waals surface area contributed by atoms with Gasteiger partial charge >= 0.3 is 0 Å². The molecular weight excluding hydrogens is 334 g/mol. The summed E-state index contributed by atoms with van der Waals surface area (Å²) in [5.41, 5.74) is 1.67. The average Bonchev–Trinajstić information content (AvgIpc) is 2.68. The Labute approximate surface area is 150 Å². The van der Waals surface area contributed by atoms with Crippen LogP contribution in [0.4, 0.5) is 5.69 Å². The van der Waals surface area contributed by atoms with Crippen molar-refractivity contribution in [2.24, 2.45) is 0 Å². The Hall–Kier alpha value is -2.99. The van der Waals surface area contributed by atoms with Crippen molar-refractivity contribution in [3.8, 4) is 22.8 Å². The molecule has 0 amide bonds. The third-order valence-corrected chi connectivity index (χ3v) is 4.55. The van der Waals surface area contributed by atoms with Gasteiger partial charge in [0.2, 0.25) is 0 Å². The first-order valence-corrected chi connectivity index (χ1v) is 8.44. The van der Waals surface area contributed by atoms with E-state index in [-0.39, 0.29) is 16.6 Å². The molecule has 0 atom stereocenters. The molecule has 1 aromatic heterocycles. The molecule has 0 radical (unpaired) electrons. The van der Waals surface area contributed by atoms with Gasteiger partial charge in [0, 0.05) is 42.5 Å². The number of fused-ring (bicyclic) bond motifs is 1. The van der Waals surface area contributed by atoms with E-state index in [1.165, 1.54) is 6.07 Å². The zero-order chi connectivity index (χ0) is 18.1. The molecule has 0 bridgehead atoms. The summed E-state index contributed by atoms with van der Waals surface area (Å²) in [4.78, 5) is 14.6. The fourth-order valence-electron chi connectivity index (χ4n) is 3.16. The highest BCUT2D eigenvalue weighted by Gasteiger charge is 2.17. The molecule has 1 saturated heterocycles. The minimum atomic E-state index is -0.275. The summed E-state index contributed by atoms with van der Waals surface area (Å²) >= 11 is 0. The van der Waals surface area contributed by atoms with Crippen molar-refractivity contribution in [3.05, 3.63) is 52.7 Å². The molecule has 1 aliphatic heterocycles. The number of hydrogen-bond acceptors (Lipinski definition) is 6. The normalized spacial score (nSPS) is 14.6. The van der Waals surface area contributed by atoms with Crippen molar-refractivity contribution in [1.82, 2.24) is 0 Å². The second kappa shape index (κ2) is 6.72. The van der Waals surface area contributed by atoms with E-state index in [0.717, 1.165) is 30.1 Å². The summed E-state index contributed by atoms with van der Waals surface area (Å²) in [5.74, 6) is 1.10.